The number of anilines is 1. The van der Waals surface area contributed by atoms with Crippen molar-refractivity contribution in [1.82, 2.24) is 4.98 Å². The zero-order chi connectivity index (χ0) is 18.5. The Balaban J connectivity index is 1.60. The van der Waals surface area contributed by atoms with E-state index in [0.29, 0.717) is 17.0 Å². The summed E-state index contributed by atoms with van der Waals surface area (Å²) >= 11 is 0. The second-order valence-corrected chi connectivity index (χ2v) is 5.67. The van der Waals surface area contributed by atoms with Crippen molar-refractivity contribution >= 4 is 34.7 Å². The number of fused-ring (bicyclic) bond motifs is 1. The lowest BCUT2D eigenvalue weighted by Gasteiger charge is -2.21. The Morgan fingerprint density at radius 2 is 1.81 bits per heavy atom. The number of ether oxygens (including phenoxy) is 1. The van der Waals surface area contributed by atoms with E-state index >= 15 is 0 Å². The van der Waals surface area contributed by atoms with Gasteiger partial charge in [-0.25, -0.2) is 9.78 Å². The molecule has 132 valence electrons. The van der Waals surface area contributed by atoms with Crippen LogP contribution in [0.4, 0.5) is 5.69 Å². The second-order valence-electron chi connectivity index (χ2n) is 5.67. The molecule has 6 heteroatoms. The summed E-state index contributed by atoms with van der Waals surface area (Å²) in [7, 11) is 1.64. The van der Waals surface area contributed by atoms with Gasteiger partial charge in [-0.3, -0.25) is 4.79 Å². The van der Waals surface area contributed by atoms with E-state index < -0.39 is 12.1 Å². The minimum absolute atomic E-state index is 0.295. The van der Waals surface area contributed by atoms with Gasteiger partial charge in [0, 0.05) is 24.9 Å². The van der Waals surface area contributed by atoms with Crippen LogP contribution >= 0.6 is 0 Å². The topological polar surface area (TPSA) is 72.6 Å². The van der Waals surface area contributed by atoms with Crippen LogP contribution in [0.1, 0.15) is 12.8 Å². The monoisotopic (exact) mass is 350 g/mol. The number of likely N-dealkylation sites (N-methyl/N-ethyl adjacent to an activating group) is 1. The lowest BCUT2D eigenvalue weighted by atomic mass is 10.2. The molecule has 0 N–H and O–H groups in total. The van der Waals surface area contributed by atoms with Gasteiger partial charge in [0.25, 0.3) is 5.91 Å². The minimum Gasteiger partial charge on any atom is -0.449 e. The minimum atomic E-state index is -0.916. The van der Waals surface area contributed by atoms with E-state index in [1.165, 1.54) is 24.0 Å². The first-order chi connectivity index (χ1) is 12.5. The van der Waals surface area contributed by atoms with Crippen molar-refractivity contribution in [1.29, 1.82) is 0 Å². The van der Waals surface area contributed by atoms with E-state index in [9.17, 15) is 9.59 Å². The number of rotatable bonds is 5. The zero-order valence-electron chi connectivity index (χ0n) is 14.5. The van der Waals surface area contributed by atoms with Gasteiger partial charge in [0.05, 0.1) is 0 Å². The largest absolute Gasteiger partial charge is 0.449 e. The highest BCUT2D eigenvalue weighted by Gasteiger charge is 2.21. The van der Waals surface area contributed by atoms with E-state index in [1.807, 2.05) is 36.4 Å². The molecule has 0 aliphatic carbocycles. The summed E-state index contributed by atoms with van der Waals surface area (Å²) in [5.41, 5.74) is 2.06. The maximum Gasteiger partial charge on any atom is 0.331 e. The van der Waals surface area contributed by atoms with Crippen LogP contribution in [0.25, 0.3) is 17.2 Å². The van der Waals surface area contributed by atoms with Gasteiger partial charge in [0.15, 0.2) is 11.7 Å². The molecular formula is C20H18N2O4. The van der Waals surface area contributed by atoms with Gasteiger partial charge < -0.3 is 14.1 Å². The van der Waals surface area contributed by atoms with E-state index in [2.05, 4.69) is 4.98 Å². The van der Waals surface area contributed by atoms with Crippen LogP contribution in [-0.4, -0.2) is 30.0 Å². The van der Waals surface area contributed by atoms with Crippen LogP contribution in [-0.2, 0) is 14.3 Å². The number of carbonyl (C=O) groups is 2. The Hall–Kier alpha value is -3.41. The summed E-state index contributed by atoms with van der Waals surface area (Å²) in [6, 6.07) is 16.4. The number of hydrogen-bond donors (Lipinski definition) is 0. The molecule has 0 bridgehead atoms. The Morgan fingerprint density at radius 1 is 1.12 bits per heavy atom. The van der Waals surface area contributed by atoms with Crippen molar-refractivity contribution < 1.29 is 18.7 Å². The summed E-state index contributed by atoms with van der Waals surface area (Å²) in [6.45, 7) is 1.53. The van der Waals surface area contributed by atoms with Crippen molar-refractivity contribution in [2.75, 3.05) is 11.9 Å². The molecule has 3 aromatic rings. The molecule has 0 aliphatic heterocycles. The lowest BCUT2D eigenvalue weighted by molar-refractivity contribution is -0.148. The van der Waals surface area contributed by atoms with E-state index in [-0.39, 0.29) is 5.91 Å². The second kappa shape index (κ2) is 7.65. The molecule has 0 spiro atoms. The Labute approximate surface area is 150 Å². The molecule has 0 radical (unpaired) electrons. The number of benzene rings is 2. The number of oxazole rings is 1. The van der Waals surface area contributed by atoms with Gasteiger partial charge in [-0.15, -0.1) is 0 Å². The molecule has 0 fully saturated rings. The van der Waals surface area contributed by atoms with E-state index in [0.717, 1.165) is 5.69 Å². The molecule has 6 nitrogen and oxygen atoms in total. The van der Waals surface area contributed by atoms with Crippen LogP contribution in [0.15, 0.2) is 65.1 Å². The van der Waals surface area contributed by atoms with Crippen molar-refractivity contribution in [3.63, 3.8) is 0 Å². The molecule has 2 aromatic carbocycles. The Morgan fingerprint density at radius 3 is 2.54 bits per heavy atom. The number of amides is 1. The number of carbonyl (C=O) groups excluding carboxylic acids is 2. The molecule has 26 heavy (non-hydrogen) atoms. The third kappa shape index (κ3) is 3.97. The van der Waals surface area contributed by atoms with Gasteiger partial charge in [0.1, 0.15) is 5.52 Å². The first-order valence-corrected chi connectivity index (χ1v) is 8.11. The van der Waals surface area contributed by atoms with Crippen LogP contribution in [0.5, 0.6) is 0 Å². The fourth-order valence-corrected chi connectivity index (χ4v) is 2.42. The molecule has 0 saturated heterocycles. The molecular weight excluding hydrogens is 332 g/mol. The molecule has 0 saturated carbocycles. The van der Waals surface area contributed by atoms with Crippen molar-refractivity contribution in [2.45, 2.75) is 13.0 Å². The maximum absolute atomic E-state index is 12.4. The quantitative estimate of drug-likeness (QED) is 0.521. The summed E-state index contributed by atoms with van der Waals surface area (Å²) in [5, 5.41) is 0. The SMILES string of the molecule is C[C@@H](OC(=O)/C=C/c1nc2ccccc2o1)C(=O)N(C)c1ccccc1. The third-order valence-corrected chi connectivity index (χ3v) is 3.79. The molecule has 0 unspecified atom stereocenters. The highest BCUT2D eigenvalue weighted by atomic mass is 16.5. The third-order valence-electron chi connectivity index (χ3n) is 3.79. The lowest BCUT2D eigenvalue weighted by Crippen LogP contribution is -2.37. The van der Waals surface area contributed by atoms with Gasteiger partial charge in [0.2, 0.25) is 5.89 Å². The van der Waals surface area contributed by atoms with Crippen molar-refractivity contribution in [2.24, 2.45) is 0 Å². The number of para-hydroxylation sites is 3. The molecule has 1 atom stereocenters. The smallest absolute Gasteiger partial charge is 0.331 e. The van der Waals surface area contributed by atoms with Crippen LogP contribution in [0.2, 0.25) is 0 Å². The average Bonchev–Trinajstić information content (AvgIpc) is 3.09. The van der Waals surface area contributed by atoms with Gasteiger partial charge in [-0.2, -0.15) is 0 Å². The zero-order valence-corrected chi connectivity index (χ0v) is 14.5. The van der Waals surface area contributed by atoms with Gasteiger partial charge in [-0.05, 0) is 31.2 Å². The highest BCUT2D eigenvalue weighted by Crippen LogP contribution is 2.16. The van der Waals surface area contributed by atoms with E-state index in [4.69, 9.17) is 9.15 Å². The van der Waals surface area contributed by atoms with Crippen molar-refractivity contribution in [3.05, 3.63) is 66.6 Å². The number of aromatic nitrogens is 1. The normalized spacial score (nSPS) is 12.2. The fraction of sp³-hybridized carbons (Fsp3) is 0.150. The van der Waals surface area contributed by atoms with Gasteiger partial charge in [-0.1, -0.05) is 30.3 Å². The molecule has 1 amide bonds. The number of esters is 1. The average molecular weight is 350 g/mol. The van der Waals surface area contributed by atoms with Crippen molar-refractivity contribution in [3.8, 4) is 0 Å². The Kier molecular flexibility index (Phi) is 5.12. The van der Waals surface area contributed by atoms with Crippen LogP contribution in [0.3, 0.4) is 0 Å². The van der Waals surface area contributed by atoms with E-state index in [1.54, 1.807) is 25.2 Å². The summed E-state index contributed by atoms with van der Waals surface area (Å²) in [5.74, 6) is -0.669. The van der Waals surface area contributed by atoms with Gasteiger partial charge >= 0.3 is 5.97 Å². The summed E-state index contributed by atoms with van der Waals surface area (Å²) in [6.07, 6.45) is 1.69. The predicted molar refractivity (Wildman–Crippen MR) is 98.4 cm³/mol. The molecule has 3 rings (SSSR count). The maximum atomic E-state index is 12.4. The first-order valence-electron chi connectivity index (χ1n) is 8.11. The summed E-state index contributed by atoms with van der Waals surface area (Å²) in [4.78, 5) is 30.0. The molecule has 0 aliphatic rings. The Bertz CT molecular complexity index is 914. The first kappa shape index (κ1) is 17.4. The predicted octanol–water partition coefficient (Wildman–Crippen LogP) is 3.44. The highest BCUT2D eigenvalue weighted by molar-refractivity contribution is 5.98. The standard InChI is InChI=1S/C20H18N2O4/c1-14(20(24)22(2)15-8-4-3-5-9-15)25-19(23)13-12-18-21-16-10-6-7-11-17(16)26-18/h3-14H,1-2H3/b13-12+/t14-/m1/s1. The number of nitrogens with zero attached hydrogens (tertiary/aromatic N) is 2. The van der Waals surface area contributed by atoms with Crippen LogP contribution < -0.4 is 4.90 Å². The molecule has 1 aromatic heterocycles. The summed E-state index contributed by atoms with van der Waals surface area (Å²) < 4.78 is 10.7. The molecule has 1 heterocycles. The fourth-order valence-electron chi connectivity index (χ4n) is 2.42. The van der Waals surface area contributed by atoms with Crippen LogP contribution in [0, 0.1) is 0 Å². The number of hydrogen-bond acceptors (Lipinski definition) is 5.